The monoisotopic (exact) mass is 560 g/mol. The van der Waals surface area contributed by atoms with Crippen LogP contribution in [-0.4, -0.2) is 19.2 Å². The van der Waals surface area contributed by atoms with Crippen molar-refractivity contribution >= 4 is 25.8 Å². The number of halogens is 4. The van der Waals surface area contributed by atoms with Crippen LogP contribution >= 0.6 is 11.6 Å². The predicted molar refractivity (Wildman–Crippen MR) is 146 cm³/mol. The van der Waals surface area contributed by atoms with E-state index < -0.39 is 25.7 Å². The largest absolute Gasteiger partial charge is 0.433 e. The van der Waals surface area contributed by atoms with Crippen LogP contribution in [0.15, 0.2) is 60.8 Å². The van der Waals surface area contributed by atoms with Gasteiger partial charge in [-0.05, 0) is 78.0 Å². The number of nitrogens with one attached hydrogen (secondary N) is 1. The van der Waals surface area contributed by atoms with E-state index in [1.54, 1.807) is 24.3 Å². The molecule has 4 rings (SSSR count). The Morgan fingerprint density at radius 2 is 1.66 bits per heavy atom. The van der Waals surface area contributed by atoms with E-state index in [2.05, 4.69) is 44.2 Å². The molecule has 1 N–H and O–H groups in total. The zero-order chi connectivity index (χ0) is 27.9. The second-order valence-electron chi connectivity index (χ2n) is 11.4. The number of benzene rings is 2. The molecule has 0 bridgehead atoms. The van der Waals surface area contributed by atoms with E-state index in [-0.39, 0.29) is 17.6 Å². The summed E-state index contributed by atoms with van der Waals surface area (Å²) in [6, 6.07) is 15.4. The van der Waals surface area contributed by atoms with Gasteiger partial charge in [0.1, 0.15) is 5.69 Å². The third kappa shape index (κ3) is 6.13. The van der Waals surface area contributed by atoms with Crippen molar-refractivity contribution in [3.05, 3.63) is 88.2 Å². The van der Waals surface area contributed by atoms with Crippen molar-refractivity contribution in [1.82, 2.24) is 10.3 Å². The number of carbonyl (C=O) groups excluding carboxylic acids is 1. The van der Waals surface area contributed by atoms with Crippen molar-refractivity contribution < 1.29 is 22.4 Å². The van der Waals surface area contributed by atoms with Gasteiger partial charge in [-0.3, -0.25) is 9.78 Å². The fourth-order valence-corrected chi connectivity index (χ4v) is 5.05. The lowest BCUT2D eigenvalue weighted by atomic mass is 9.97. The number of hydrogen-bond donors (Lipinski definition) is 1. The lowest BCUT2D eigenvalue weighted by Gasteiger charge is -2.36. The van der Waals surface area contributed by atoms with Gasteiger partial charge in [-0.25, -0.2) is 0 Å². The standard InChI is InChI=1S/C29H32ClF3N2O2Si/c1-27(2,3)38(4,5)37-18-21-16-25(29(31,32)33)34-17-24(21)19-6-10-22(11-7-19)28(14-15-28)35-26(36)20-8-12-23(30)13-9-20/h6-13,16-17H,14-15,18H2,1-5H3,(H,35,36). The minimum absolute atomic E-state index is 0.0697. The Labute approximate surface area is 227 Å². The molecule has 0 spiro atoms. The predicted octanol–water partition coefficient (Wildman–Crippen LogP) is 8.36. The summed E-state index contributed by atoms with van der Waals surface area (Å²) >= 11 is 5.93. The van der Waals surface area contributed by atoms with Gasteiger partial charge in [-0.2, -0.15) is 13.2 Å². The maximum Gasteiger partial charge on any atom is 0.433 e. The number of rotatable bonds is 7. The van der Waals surface area contributed by atoms with Crippen LogP contribution in [0.2, 0.25) is 23.2 Å². The highest BCUT2D eigenvalue weighted by Crippen LogP contribution is 2.46. The second-order valence-corrected chi connectivity index (χ2v) is 16.6. The molecule has 0 atom stereocenters. The third-order valence-corrected chi connectivity index (χ3v) is 12.4. The van der Waals surface area contributed by atoms with Crippen LogP contribution in [0.4, 0.5) is 13.2 Å². The molecule has 38 heavy (non-hydrogen) atoms. The van der Waals surface area contributed by atoms with Crippen LogP contribution in [0.25, 0.3) is 11.1 Å². The number of aromatic nitrogens is 1. The lowest BCUT2D eigenvalue weighted by molar-refractivity contribution is -0.141. The third-order valence-electron chi connectivity index (χ3n) is 7.63. The van der Waals surface area contributed by atoms with Gasteiger partial charge >= 0.3 is 6.18 Å². The van der Waals surface area contributed by atoms with E-state index in [1.165, 1.54) is 6.20 Å². The van der Waals surface area contributed by atoms with Crippen molar-refractivity contribution in [2.24, 2.45) is 0 Å². The molecule has 0 aliphatic heterocycles. The van der Waals surface area contributed by atoms with Crippen LogP contribution in [0.3, 0.4) is 0 Å². The molecule has 9 heteroatoms. The Kier molecular flexibility index (Phi) is 7.55. The molecule has 0 radical (unpaired) electrons. The molecule has 202 valence electrons. The summed E-state index contributed by atoms with van der Waals surface area (Å²) in [5.41, 5.74) is 1.86. The fraction of sp³-hybridized carbons (Fsp3) is 0.379. The van der Waals surface area contributed by atoms with Crippen LogP contribution in [0, 0.1) is 0 Å². The maximum absolute atomic E-state index is 13.5. The molecule has 0 saturated heterocycles. The van der Waals surface area contributed by atoms with Crippen molar-refractivity contribution in [1.29, 1.82) is 0 Å². The Balaban J connectivity index is 1.59. The zero-order valence-electron chi connectivity index (χ0n) is 22.2. The number of hydrogen-bond acceptors (Lipinski definition) is 3. The summed E-state index contributed by atoms with van der Waals surface area (Å²) in [6.07, 6.45) is -1.66. The lowest BCUT2D eigenvalue weighted by Crippen LogP contribution is -2.40. The van der Waals surface area contributed by atoms with E-state index >= 15 is 0 Å². The van der Waals surface area contributed by atoms with Crippen molar-refractivity contribution in [3.8, 4) is 11.1 Å². The zero-order valence-corrected chi connectivity index (χ0v) is 23.9. The molecule has 1 aliphatic carbocycles. The first-order valence-corrected chi connectivity index (χ1v) is 15.8. The first-order chi connectivity index (χ1) is 17.6. The maximum atomic E-state index is 13.5. The summed E-state index contributed by atoms with van der Waals surface area (Å²) in [5.74, 6) is -0.180. The van der Waals surface area contributed by atoms with Crippen LogP contribution in [-0.2, 0) is 22.7 Å². The summed E-state index contributed by atoms with van der Waals surface area (Å²) < 4.78 is 46.7. The molecule has 0 unspecified atom stereocenters. The molecule has 1 saturated carbocycles. The SMILES string of the molecule is CC(C)(C)[Si](C)(C)OCc1cc(C(F)(F)F)ncc1-c1ccc(C2(NC(=O)c3ccc(Cl)cc3)CC2)cc1. The number of pyridine rings is 1. The molecule has 1 aliphatic rings. The Bertz CT molecular complexity index is 1310. The van der Waals surface area contributed by atoms with E-state index in [0.717, 1.165) is 30.0 Å². The van der Waals surface area contributed by atoms with Crippen molar-refractivity contribution in [3.63, 3.8) is 0 Å². The quantitative estimate of drug-likeness (QED) is 0.295. The first kappa shape index (κ1) is 28.3. The van der Waals surface area contributed by atoms with Gasteiger partial charge in [0, 0.05) is 22.3 Å². The average Bonchev–Trinajstić information content (AvgIpc) is 3.62. The Morgan fingerprint density at radius 3 is 2.18 bits per heavy atom. The first-order valence-electron chi connectivity index (χ1n) is 12.5. The van der Waals surface area contributed by atoms with Gasteiger partial charge in [0.2, 0.25) is 0 Å². The molecule has 3 aromatic rings. The summed E-state index contributed by atoms with van der Waals surface area (Å²) in [5, 5.41) is 3.61. The fourth-order valence-electron chi connectivity index (χ4n) is 3.98. The molecule has 2 aromatic carbocycles. The molecule has 1 aromatic heterocycles. The molecule has 1 fully saturated rings. The molecule has 4 nitrogen and oxygen atoms in total. The average molecular weight is 561 g/mol. The van der Waals surface area contributed by atoms with Crippen molar-refractivity contribution in [2.45, 2.75) is 70.1 Å². The Morgan fingerprint density at radius 1 is 1.05 bits per heavy atom. The van der Waals surface area contributed by atoms with E-state index in [1.807, 2.05) is 24.3 Å². The number of alkyl halides is 3. The highest BCUT2D eigenvalue weighted by Gasteiger charge is 2.45. The van der Waals surface area contributed by atoms with E-state index in [9.17, 15) is 18.0 Å². The van der Waals surface area contributed by atoms with Gasteiger partial charge in [0.15, 0.2) is 8.32 Å². The molecular formula is C29H32ClF3N2O2Si. The normalized spacial score (nSPS) is 15.3. The summed E-state index contributed by atoms with van der Waals surface area (Å²) in [7, 11) is -2.20. The molecule has 1 amide bonds. The van der Waals surface area contributed by atoms with E-state index in [0.29, 0.717) is 21.7 Å². The Hall–Kier alpha value is -2.68. The van der Waals surface area contributed by atoms with Gasteiger partial charge in [0.05, 0.1) is 12.1 Å². The molecular weight excluding hydrogens is 529 g/mol. The van der Waals surface area contributed by atoms with Gasteiger partial charge in [-0.15, -0.1) is 0 Å². The highest BCUT2D eigenvalue weighted by atomic mass is 35.5. The minimum atomic E-state index is -4.55. The van der Waals surface area contributed by atoms with Crippen LogP contribution in [0.5, 0.6) is 0 Å². The smallest absolute Gasteiger partial charge is 0.413 e. The number of amides is 1. The topological polar surface area (TPSA) is 51.2 Å². The van der Waals surface area contributed by atoms with E-state index in [4.69, 9.17) is 16.0 Å². The van der Waals surface area contributed by atoms with Gasteiger partial charge in [-0.1, -0.05) is 56.6 Å². The number of carbonyl (C=O) groups is 1. The number of nitrogens with zero attached hydrogens (tertiary/aromatic N) is 1. The minimum Gasteiger partial charge on any atom is -0.413 e. The van der Waals surface area contributed by atoms with Crippen LogP contribution in [0.1, 0.15) is 60.8 Å². The summed E-state index contributed by atoms with van der Waals surface area (Å²) in [4.78, 5) is 16.5. The summed E-state index contributed by atoms with van der Waals surface area (Å²) in [6.45, 7) is 10.5. The van der Waals surface area contributed by atoms with Gasteiger partial charge in [0.25, 0.3) is 5.91 Å². The van der Waals surface area contributed by atoms with Gasteiger partial charge < -0.3 is 9.74 Å². The second kappa shape index (κ2) is 10.1. The molecule has 1 heterocycles. The van der Waals surface area contributed by atoms with Crippen LogP contribution < -0.4 is 5.32 Å². The van der Waals surface area contributed by atoms with Crippen molar-refractivity contribution in [2.75, 3.05) is 0 Å². The highest BCUT2D eigenvalue weighted by molar-refractivity contribution is 6.74.